The van der Waals surface area contributed by atoms with Gasteiger partial charge in [0.25, 0.3) is 0 Å². The topological polar surface area (TPSA) is 39.2 Å². The van der Waals surface area contributed by atoms with Crippen molar-refractivity contribution >= 4 is 17.3 Å². The molecule has 1 heterocycles. The fourth-order valence-corrected chi connectivity index (χ4v) is 2.42. The van der Waals surface area contributed by atoms with Gasteiger partial charge in [-0.25, -0.2) is 14.2 Å². The Bertz CT molecular complexity index is 666. The van der Waals surface area contributed by atoms with E-state index in [4.69, 9.17) is 4.74 Å². The summed E-state index contributed by atoms with van der Waals surface area (Å²) in [5.74, 6) is -2.11. The number of thiazole rings is 1. The van der Waals surface area contributed by atoms with Crippen molar-refractivity contribution in [3.05, 3.63) is 40.7 Å². The van der Waals surface area contributed by atoms with Gasteiger partial charge in [-0.15, -0.1) is 11.3 Å². The predicted molar refractivity (Wildman–Crippen MR) is 68.5 cm³/mol. The molecule has 0 saturated heterocycles. The molecular formula is C13H9F4NO2S. The minimum Gasteiger partial charge on any atom is -0.461 e. The molecule has 1 aromatic heterocycles. The summed E-state index contributed by atoms with van der Waals surface area (Å²) in [5, 5.41) is 1.30. The molecule has 0 amide bonds. The number of halogens is 4. The lowest BCUT2D eigenvalue weighted by molar-refractivity contribution is -0.139. The predicted octanol–water partition coefficient (Wildman–Crippen LogP) is 4.14. The Labute approximate surface area is 121 Å². The maximum absolute atomic E-state index is 13.9. The van der Waals surface area contributed by atoms with E-state index in [0.717, 1.165) is 17.4 Å². The van der Waals surface area contributed by atoms with Crippen LogP contribution in [-0.2, 0) is 10.9 Å². The molecule has 0 aliphatic heterocycles. The number of alkyl halides is 3. The fourth-order valence-electron chi connectivity index (χ4n) is 1.61. The summed E-state index contributed by atoms with van der Waals surface area (Å²) in [7, 11) is 0. The van der Waals surface area contributed by atoms with Crippen LogP contribution >= 0.6 is 11.3 Å². The number of ether oxygens (including phenoxy) is 1. The minimum absolute atomic E-state index is 0.0124. The van der Waals surface area contributed by atoms with Gasteiger partial charge in [-0.1, -0.05) is 6.07 Å². The van der Waals surface area contributed by atoms with Crippen LogP contribution in [0.2, 0.25) is 0 Å². The van der Waals surface area contributed by atoms with Crippen LogP contribution in [0.3, 0.4) is 0 Å². The first-order chi connectivity index (χ1) is 9.84. The normalized spacial score (nSPS) is 11.5. The Morgan fingerprint density at radius 3 is 2.71 bits per heavy atom. The largest absolute Gasteiger partial charge is 0.461 e. The Morgan fingerprint density at radius 1 is 1.38 bits per heavy atom. The highest BCUT2D eigenvalue weighted by molar-refractivity contribution is 7.13. The van der Waals surface area contributed by atoms with Crippen molar-refractivity contribution in [2.45, 2.75) is 13.1 Å². The SMILES string of the molecule is CCOC(=O)c1csc(-c2cccc(C(F)(F)F)c2F)n1. The zero-order valence-electron chi connectivity index (χ0n) is 10.7. The van der Waals surface area contributed by atoms with Gasteiger partial charge < -0.3 is 4.74 Å². The average molecular weight is 319 g/mol. The summed E-state index contributed by atoms with van der Waals surface area (Å²) in [6.07, 6.45) is -4.79. The van der Waals surface area contributed by atoms with Crippen molar-refractivity contribution in [3.63, 3.8) is 0 Å². The summed E-state index contributed by atoms with van der Waals surface area (Å²) < 4.78 is 56.6. The molecule has 1 aromatic carbocycles. The highest BCUT2D eigenvalue weighted by Gasteiger charge is 2.35. The number of hydrogen-bond acceptors (Lipinski definition) is 4. The lowest BCUT2D eigenvalue weighted by Gasteiger charge is -2.09. The number of esters is 1. The summed E-state index contributed by atoms with van der Waals surface area (Å²) in [6, 6.07) is 2.92. The highest BCUT2D eigenvalue weighted by Crippen LogP contribution is 2.36. The summed E-state index contributed by atoms with van der Waals surface area (Å²) >= 11 is 0.871. The van der Waals surface area contributed by atoms with E-state index in [9.17, 15) is 22.4 Å². The third kappa shape index (κ3) is 3.21. The van der Waals surface area contributed by atoms with Crippen molar-refractivity contribution in [2.75, 3.05) is 6.61 Å². The van der Waals surface area contributed by atoms with Gasteiger partial charge in [0.1, 0.15) is 10.8 Å². The molecule has 0 saturated carbocycles. The number of nitrogens with zero attached hydrogens (tertiary/aromatic N) is 1. The summed E-state index contributed by atoms with van der Waals surface area (Å²) in [6.45, 7) is 1.75. The van der Waals surface area contributed by atoms with Crippen molar-refractivity contribution in [1.82, 2.24) is 4.98 Å². The Balaban J connectivity index is 2.42. The molecule has 0 fully saturated rings. The fraction of sp³-hybridized carbons (Fsp3) is 0.231. The van der Waals surface area contributed by atoms with Gasteiger partial charge in [0, 0.05) is 10.9 Å². The third-order valence-corrected chi connectivity index (χ3v) is 3.40. The monoisotopic (exact) mass is 319 g/mol. The molecule has 0 unspecified atom stereocenters. The Hall–Kier alpha value is -1.96. The second-order valence-corrected chi connectivity index (χ2v) is 4.78. The van der Waals surface area contributed by atoms with Crippen molar-refractivity contribution in [2.24, 2.45) is 0 Å². The zero-order chi connectivity index (χ0) is 15.6. The van der Waals surface area contributed by atoms with E-state index in [1.165, 1.54) is 11.4 Å². The molecule has 112 valence electrons. The van der Waals surface area contributed by atoms with Gasteiger partial charge in [-0.2, -0.15) is 13.2 Å². The Morgan fingerprint density at radius 2 is 2.10 bits per heavy atom. The van der Waals surface area contributed by atoms with E-state index in [1.807, 2.05) is 0 Å². The summed E-state index contributed by atoms with van der Waals surface area (Å²) in [4.78, 5) is 15.3. The van der Waals surface area contributed by atoms with Gasteiger partial charge >= 0.3 is 12.1 Å². The zero-order valence-corrected chi connectivity index (χ0v) is 11.5. The standard InChI is InChI=1S/C13H9F4NO2S/c1-2-20-12(19)9-6-21-11(18-9)7-4-3-5-8(10(7)14)13(15,16)17/h3-6H,2H2,1H3. The quantitative estimate of drug-likeness (QED) is 0.630. The molecule has 8 heteroatoms. The van der Waals surface area contributed by atoms with Crippen LogP contribution in [0.25, 0.3) is 10.6 Å². The van der Waals surface area contributed by atoms with Crippen LogP contribution in [0.1, 0.15) is 23.0 Å². The minimum atomic E-state index is -4.79. The van der Waals surface area contributed by atoms with Crippen molar-refractivity contribution < 1.29 is 27.1 Å². The van der Waals surface area contributed by atoms with E-state index in [0.29, 0.717) is 6.07 Å². The van der Waals surface area contributed by atoms with Gasteiger partial charge in [0.15, 0.2) is 5.69 Å². The maximum atomic E-state index is 13.9. The first-order valence-corrected chi connectivity index (χ1v) is 6.71. The van der Waals surface area contributed by atoms with Crippen LogP contribution in [0.4, 0.5) is 17.6 Å². The molecule has 0 aliphatic carbocycles. The maximum Gasteiger partial charge on any atom is 0.419 e. The molecule has 0 spiro atoms. The van der Waals surface area contributed by atoms with E-state index in [1.54, 1.807) is 6.92 Å². The first-order valence-electron chi connectivity index (χ1n) is 5.83. The number of benzene rings is 1. The van der Waals surface area contributed by atoms with Gasteiger partial charge in [0.2, 0.25) is 0 Å². The summed E-state index contributed by atoms with van der Waals surface area (Å²) in [5.41, 5.74) is -1.73. The second kappa shape index (κ2) is 5.80. The highest BCUT2D eigenvalue weighted by atomic mass is 32.1. The number of aromatic nitrogens is 1. The van der Waals surface area contributed by atoms with E-state index < -0.39 is 23.5 Å². The molecule has 0 radical (unpaired) electrons. The lowest BCUT2D eigenvalue weighted by Crippen LogP contribution is -2.09. The molecule has 0 atom stereocenters. The van der Waals surface area contributed by atoms with Crippen LogP contribution in [-0.4, -0.2) is 17.6 Å². The number of hydrogen-bond donors (Lipinski definition) is 0. The van der Waals surface area contributed by atoms with Crippen molar-refractivity contribution in [3.8, 4) is 10.6 Å². The van der Waals surface area contributed by atoms with Crippen LogP contribution in [0.5, 0.6) is 0 Å². The molecular weight excluding hydrogens is 310 g/mol. The van der Waals surface area contributed by atoms with Gasteiger partial charge in [-0.3, -0.25) is 0 Å². The number of rotatable bonds is 3. The van der Waals surface area contributed by atoms with Gasteiger partial charge in [0.05, 0.1) is 12.2 Å². The molecule has 2 rings (SSSR count). The lowest BCUT2D eigenvalue weighted by atomic mass is 10.1. The molecule has 3 nitrogen and oxygen atoms in total. The molecule has 0 bridgehead atoms. The average Bonchev–Trinajstić information content (AvgIpc) is 2.87. The smallest absolute Gasteiger partial charge is 0.419 e. The van der Waals surface area contributed by atoms with Crippen LogP contribution in [0.15, 0.2) is 23.6 Å². The van der Waals surface area contributed by atoms with E-state index >= 15 is 0 Å². The second-order valence-electron chi connectivity index (χ2n) is 3.92. The molecule has 21 heavy (non-hydrogen) atoms. The Kier molecular flexibility index (Phi) is 4.26. The molecule has 0 N–H and O–H groups in total. The van der Waals surface area contributed by atoms with Crippen molar-refractivity contribution in [1.29, 1.82) is 0 Å². The van der Waals surface area contributed by atoms with E-state index in [2.05, 4.69) is 4.98 Å². The van der Waals surface area contributed by atoms with Gasteiger partial charge in [-0.05, 0) is 19.1 Å². The van der Waals surface area contributed by atoms with E-state index in [-0.39, 0.29) is 22.9 Å². The van der Waals surface area contributed by atoms with Crippen LogP contribution in [0, 0.1) is 5.82 Å². The molecule has 2 aromatic rings. The molecule has 0 aliphatic rings. The van der Waals surface area contributed by atoms with Crippen LogP contribution < -0.4 is 0 Å². The first kappa shape index (κ1) is 15.4. The number of carbonyl (C=O) groups excluding carboxylic acids is 1. The number of carbonyl (C=O) groups is 1. The third-order valence-electron chi connectivity index (χ3n) is 2.52.